The molecule has 16 heavy (non-hydrogen) atoms. The number of alkyl halides is 6. The van der Waals surface area contributed by atoms with E-state index >= 15 is 0 Å². The van der Waals surface area contributed by atoms with Gasteiger partial charge in [-0.15, -0.1) is 0 Å². The molecule has 0 radical (unpaired) electrons. The fraction of sp³-hybridized carbons (Fsp3) is 1.00. The summed E-state index contributed by atoms with van der Waals surface area (Å²) in [5, 5.41) is 0. The summed E-state index contributed by atoms with van der Waals surface area (Å²) in [7, 11) is -13.2. The predicted octanol–water partition coefficient (Wildman–Crippen LogP) is -0.373. The average Bonchev–Trinajstić information content (AvgIpc) is 1.77. The van der Waals surface area contributed by atoms with Gasteiger partial charge in [0.2, 0.25) is 0 Å². The van der Waals surface area contributed by atoms with Crippen molar-refractivity contribution in [3.8, 4) is 0 Å². The quantitative estimate of drug-likeness (QED) is 0.555. The summed E-state index contributed by atoms with van der Waals surface area (Å²) in [4.78, 5) is 0. The zero-order chi connectivity index (χ0) is 12.7. The zero-order valence-corrected chi connectivity index (χ0v) is 7.85. The first-order valence-corrected chi connectivity index (χ1v) is 5.58. The summed E-state index contributed by atoms with van der Waals surface area (Å²) >= 11 is 0. The van der Waals surface area contributed by atoms with E-state index in [4.69, 9.17) is 0 Å². The molecule has 0 aliphatic carbocycles. The first kappa shape index (κ1) is 18.4. The van der Waals surface area contributed by atoms with Crippen molar-refractivity contribution >= 4 is 38.9 Å². The summed E-state index contributed by atoms with van der Waals surface area (Å²) in [5.41, 5.74) is -12.3. The molecule has 0 fully saturated rings. The van der Waals surface area contributed by atoms with E-state index in [9.17, 15) is 43.2 Å². The van der Waals surface area contributed by atoms with Gasteiger partial charge in [-0.1, -0.05) is 4.13 Å². The van der Waals surface area contributed by atoms with Crippen LogP contribution in [0.4, 0.5) is 26.3 Å². The molecule has 14 heteroatoms. The molecule has 0 amide bonds. The van der Waals surface area contributed by atoms with E-state index in [0.29, 0.717) is 0 Å². The van der Waals surface area contributed by atoms with E-state index in [-0.39, 0.29) is 18.9 Å². The fourth-order valence-corrected chi connectivity index (χ4v) is 2.15. The third-order valence-electron chi connectivity index (χ3n) is 0.829. The molecule has 0 heterocycles. The summed E-state index contributed by atoms with van der Waals surface area (Å²) in [6.07, 6.45) is 0. The molecule has 5 nitrogen and oxygen atoms in total. The molecule has 0 bridgehead atoms. The molecule has 1 N–H and O–H groups in total. The molecule has 0 spiro atoms. The second-order valence-electron chi connectivity index (χ2n) is 1.98. The van der Waals surface area contributed by atoms with Crippen molar-refractivity contribution in [3.05, 3.63) is 0 Å². The maximum absolute atomic E-state index is 11.5. The van der Waals surface area contributed by atoms with Gasteiger partial charge in [-0.3, -0.25) is 0 Å². The minimum absolute atomic E-state index is 0. The third kappa shape index (κ3) is 4.13. The Hall–Kier alpha value is 0.0374. The van der Waals surface area contributed by atoms with Crippen LogP contribution in [-0.2, 0) is 20.0 Å². The third-order valence-corrected chi connectivity index (χ3v) is 3.80. The molecule has 0 unspecified atom stereocenters. The van der Waals surface area contributed by atoms with Crippen molar-refractivity contribution in [3.63, 3.8) is 0 Å². The molecule has 0 aromatic carbocycles. The van der Waals surface area contributed by atoms with E-state index in [1.807, 2.05) is 0 Å². The van der Waals surface area contributed by atoms with Crippen LogP contribution in [0.5, 0.6) is 0 Å². The monoisotopic (exact) mass is 289 g/mol. The molecule has 94 valence electrons. The van der Waals surface area contributed by atoms with Crippen LogP contribution in [0, 0.1) is 0 Å². The molecule has 0 aliphatic heterocycles. The van der Waals surface area contributed by atoms with Crippen molar-refractivity contribution in [1.82, 2.24) is 4.13 Å². The Morgan fingerprint density at radius 2 is 0.875 bits per heavy atom. The molecule has 0 atom stereocenters. The van der Waals surface area contributed by atoms with E-state index in [1.54, 1.807) is 0 Å². The van der Waals surface area contributed by atoms with Crippen LogP contribution in [0.3, 0.4) is 0 Å². The molecular weight excluding hydrogens is 287 g/mol. The van der Waals surface area contributed by atoms with Gasteiger partial charge in [0.25, 0.3) is 0 Å². The molecular formula is C2H2F6LiNO4S2. The molecule has 0 aromatic rings. The first-order chi connectivity index (χ1) is 6.21. The molecule has 0 aliphatic rings. The second kappa shape index (κ2) is 4.73. The Morgan fingerprint density at radius 3 is 1.00 bits per heavy atom. The van der Waals surface area contributed by atoms with Crippen LogP contribution in [-0.4, -0.2) is 46.7 Å². The fourth-order valence-electron chi connectivity index (χ4n) is 0.239. The van der Waals surface area contributed by atoms with Crippen LogP contribution in [0.2, 0.25) is 0 Å². The first-order valence-electron chi connectivity index (χ1n) is 2.62. The number of hydrogen-bond acceptors (Lipinski definition) is 4. The van der Waals surface area contributed by atoms with Gasteiger partial charge in [0.15, 0.2) is 0 Å². The normalized spacial score (nSPS) is 14.4. The SMILES string of the molecule is O=S(=O)(NS(=O)(=O)C(F)(F)F)C(F)(F)F.[LiH]. The van der Waals surface area contributed by atoms with Gasteiger partial charge in [-0.2, -0.15) is 26.3 Å². The van der Waals surface area contributed by atoms with Crippen LogP contribution >= 0.6 is 0 Å². The maximum atomic E-state index is 11.5. The minimum atomic E-state index is -6.60. The van der Waals surface area contributed by atoms with Crippen molar-refractivity contribution in [2.24, 2.45) is 0 Å². The molecule has 0 saturated carbocycles. The topological polar surface area (TPSA) is 80.3 Å². The van der Waals surface area contributed by atoms with Gasteiger partial charge < -0.3 is 0 Å². The Labute approximate surface area is 97.5 Å². The molecule has 0 aromatic heterocycles. The van der Waals surface area contributed by atoms with E-state index < -0.39 is 35.2 Å². The van der Waals surface area contributed by atoms with Crippen LogP contribution < -0.4 is 4.13 Å². The molecule has 0 rings (SSSR count). The Bertz CT molecular complexity index is 390. The Morgan fingerprint density at radius 1 is 0.688 bits per heavy atom. The van der Waals surface area contributed by atoms with Gasteiger partial charge >= 0.3 is 49.9 Å². The van der Waals surface area contributed by atoms with Crippen molar-refractivity contribution < 1.29 is 43.2 Å². The molecule has 0 saturated heterocycles. The van der Waals surface area contributed by atoms with Gasteiger partial charge in [0.1, 0.15) is 0 Å². The average molecular weight is 289 g/mol. The second-order valence-corrected chi connectivity index (χ2v) is 5.59. The summed E-state index contributed by atoms with van der Waals surface area (Å²) in [6, 6.07) is 0. The van der Waals surface area contributed by atoms with E-state index in [1.165, 1.54) is 0 Å². The standard InChI is InChI=1S/C2HF6NO4S2.Li.H/c3-1(4,5)14(10,11)9-15(12,13)2(6,7)8;;/h9H;;. The predicted molar refractivity (Wildman–Crippen MR) is 40.2 cm³/mol. The zero-order valence-electron chi connectivity index (χ0n) is 6.22. The summed E-state index contributed by atoms with van der Waals surface area (Å²) in [6.45, 7) is 0. The van der Waals surface area contributed by atoms with E-state index in [0.717, 1.165) is 0 Å². The number of sulfonamides is 2. The van der Waals surface area contributed by atoms with E-state index in [2.05, 4.69) is 0 Å². The van der Waals surface area contributed by atoms with Gasteiger partial charge in [0, 0.05) is 0 Å². The van der Waals surface area contributed by atoms with Gasteiger partial charge in [-0.05, 0) is 0 Å². The van der Waals surface area contributed by atoms with Gasteiger partial charge in [-0.25, -0.2) is 16.8 Å². The van der Waals surface area contributed by atoms with Crippen molar-refractivity contribution in [2.45, 2.75) is 11.0 Å². The number of nitrogens with one attached hydrogen (secondary N) is 1. The van der Waals surface area contributed by atoms with Crippen LogP contribution in [0.1, 0.15) is 0 Å². The van der Waals surface area contributed by atoms with Crippen LogP contribution in [0.25, 0.3) is 0 Å². The summed E-state index contributed by atoms with van der Waals surface area (Å²) < 4.78 is 108. The Kier molecular flexibility index (Phi) is 5.44. The van der Waals surface area contributed by atoms with Crippen molar-refractivity contribution in [1.29, 1.82) is 0 Å². The number of hydrogen-bond donors (Lipinski definition) is 1. The Balaban J connectivity index is 0. The number of rotatable bonds is 2. The van der Waals surface area contributed by atoms with Crippen molar-refractivity contribution in [2.75, 3.05) is 0 Å². The van der Waals surface area contributed by atoms with Gasteiger partial charge in [0.05, 0.1) is 0 Å². The number of halogens is 6. The summed E-state index contributed by atoms with van der Waals surface area (Å²) in [5.74, 6) is 0. The van der Waals surface area contributed by atoms with Crippen LogP contribution in [0.15, 0.2) is 0 Å².